The Morgan fingerprint density at radius 2 is 1.82 bits per heavy atom. The number of para-hydroxylation sites is 1. The summed E-state index contributed by atoms with van der Waals surface area (Å²) < 4.78 is 4.97. The first kappa shape index (κ1) is 23.7. The highest BCUT2D eigenvalue weighted by atomic mass is 32.2. The van der Waals surface area contributed by atoms with Crippen LogP contribution in [0.25, 0.3) is 0 Å². The summed E-state index contributed by atoms with van der Waals surface area (Å²) in [7, 11) is 0. The van der Waals surface area contributed by atoms with Crippen LogP contribution in [-0.2, 0) is 9.53 Å². The molecule has 0 aliphatic rings. The number of amides is 1. The van der Waals surface area contributed by atoms with Crippen LogP contribution in [0, 0.1) is 10.1 Å². The highest BCUT2D eigenvalue weighted by molar-refractivity contribution is 7.99. The number of nitro benzene ring substituents is 1. The predicted molar refractivity (Wildman–Crippen MR) is 128 cm³/mol. The molecule has 0 spiro atoms. The highest BCUT2D eigenvalue weighted by Crippen LogP contribution is 2.36. The van der Waals surface area contributed by atoms with Crippen molar-refractivity contribution in [3.63, 3.8) is 0 Å². The normalized spacial score (nSPS) is 10.7. The second-order valence-electron chi connectivity index (χ2n) is 6.78. The third-order valence-electron chi connectivity index (χ3n) is 4.35. The van der Waals surface area contributed by atoms with E-state index < -0.39 is 10.9 Å². The number of ether oxygens (including phenoxy) is 1. The molecule has 9 heteroatoms. The lowest BCUT2D eigenvalue weighted by molar-refractivity contribution is -0.384. The Labute approximate surface area is 194 Å². The van der Waals surface area contributed by atoms with E-state index in [4.69, 9.17) is 4.74 Å². The van der Waals surface area contributed by atoms with Crippen molar-refractivity contribution in [1.29, 1.82) is 0 Å². The maximum absolute atomic E-state index is 11.8. The van der Waals surface area contributed by atoms with E-state index in [1.54, 1.807) is 43.3 Å². The van der Waals surface area contributed by atoms with Crippen molar-refractivity contribution in [2.75, 3.05) is 11.9 Å². The molecule has 3 aromatic carbocycles. The predicted octanol–water partition coefficient (Wildman–Crippen LogP) is 5.63. The van der Waals surface area contributed by atoms with E-state index in [1.165, 1.54) is 37.0 Å². The summed E-state index contributed by atoms with van der Waals surface area (Å²) in [5, 5.41) is 14.1. The zero-order valence-electron chi connectivity index (χ0n) is 18.0. The molecule has 0 heterocycles. The van der Waals surface area contributed by atoms with Crippen molar-refractivity contribution in [2.45, 2.75) is 23.6 Å². The molecular weight excluding hydrogens is 442 g/mol. The van der Waals surface area contributed by atoms with Gasteiger partial charge in [0.1, 0.15) is 0 Å². The van der Waals surface area contributed by atoms with Crippen LogP contribution in [0.15, 0.2) is 81.5 Å². The fraction of sp³-hybridized carbons (Fsp3) is 0.125. The van der Waals surface area contributed by atoms with Gasteiger partial charge in [0.15, 0.2) is 0 Å². The fourth-order valence-electron chi connectivity index (χ4n) is 2.85. The lowest BCUT2D eigenvalue weighted by atomic mass is 10.2. The Hall–Kier alpha value is -3.98. The van der Waals surface area contributed by atoms with Gasteiger partial charge in [-0.3, -0.25) is 19.9 Å². The zero-order chi connectivity index (χ0) is 23.8. The number of aliphatic imine (C=N–C) groups is 1. The van der Waals surface area contributed by atoms with Crippen LogP contribution < -0.4 is 5.32 Å². The van der Waals surface area contributed by atoms with E-state index in [0.717, 1.165) is 9.79 Å². The number of carbonyl (C=O) groups is 2. The molecule has 0 fully saturated rings. The van der Waals surface area contributed by atoms with Crippen LogP contribution in [0.2, 0.25) is 0 Å². The SMILES string of the molecule is CCOC(=O)c1ccc(N=Cc2cc([N+](=O)[O-])ccc2Sc2ccccc2NC(C)=O)cc1. The zero-order valence-corrected chi connectivity index (χ0v) is 18.8. The molecule has 3 rings (SSSR count). The number of nitrogens with one attached hydrogen (secondary N) is 1. The standard InChI is InChI=1S/C24H21N3O5S/c1-3-32-24(29)17-8-10-19(11-9-17)25-15-18-14-20(27(30)31)12-13-22(18)33-23-7-5-4-6-21(23)26-16(2)28/h4-15H,3H2,1-2H3,(H,26,28). The van der Waals surface area contributed by atoms with Crippen molar-refractivity contribution in [3.05, 3.63) is 88.0 Å². The van der Waals surface area contributed by atoms with E-state index in [-0.39, 0.29) is 18.2 Å². The molecule has 0 radical (unpaired) electrons. The molecule has 3 aromatic rings. The van der Waals surface area contributed by atoms with Crippen LogP contribution in [0.1, 0.15) is 29.8 Å². The van der Waals surface area contributed by atoms with Crippen molar-refractivity contribution in [2.24, 2.45) is 4.99 Å². The Kier molecular flexibility index (Phi) is 7.93. The number of rotatable bonds is 8. The second kappa shape index (κ2) is 11.1. The first-order valence-electron chi connectivity index (χ1n) is 10.0. The topological polar surface area (TPSA) is 111 Å². The molecule has 0 atom stereocenters. The molecule has 0 bridgehead atoms. The smallest absolute Gasteiger partial charge is 0.338 e. The number of carbonyl (C=O) groups excluding carboxylic acids is 2. The summed E-state index contributed by atoms with van der Waals surface area (Å²) in [6, 6.07) is 18.4. The van der Waals surface area contributed by atoms with Crippen LogP contribution in [-0.4, -0.2) is 29.6 Å². The van der Waals surface area contributed by atoms with E-state index in [0.29, 0.717) is 22.5 Å². The van der Waals surface area contributed by atoms with Gasteiger partial charge in [-0.05, 0) is 49.4 Å². The van der Waals surface area contributed by atoms with Gasteiger partial charge < -0.3 is 10.1 Å². The van der Waals surface area contributed by atoms with Gasteiger partial charge in [-0.15, -0.1) is 0 Å². The number of hydrogen-bond acceptors (Lipinski definition) is 7. The first-order valence-corrected chi connectivity index (χ1v) is 10.8. The molecule has 0 saturated heterocycles. The third-order valence-corrected chi connectivity index (χ3v) is 5.52. The molecule has 0 aromatic heterocycles. The Bertz CT molecular complexity index is 1210. The molecule has 0 unspecified atom stereocenters. The average Bonchev–Trinajstić information content (AvgIpc) is 2.79. The minimum absolute atomic E-state index is 0.0615. The summed E-state index contributed by atoms with van der Waals surface area (Å²) in [6.45, 7) is 3.45. The molecule has 33 heavy (non-hydrogen) atoms. The van der Waals surface area contributed by atoms with Crippen LogP contribution in [0.5, 0.6) is 0 Å². The third kappa shape index (κ3) is 6.50. The molecule has 0 aliphatic heterocycles. The lowest BCUT2D eigenvalue weighted by Gasteiger charge is -2.11. The van der Waals surface area contributed by atoms with Crippen LogP contribution in [0.3, 0.4) is 0 Å². The lowest BCUT2D eigenvalue weighted by Crippen LogP contribution is -2.06. The van der Waals surface area contributed by atoms with Gasteiger partial charge >= 0.3 is 5.97 Å². The first-order chi connectivity index (χ1) is 15.9. The maximum Gasteiger partial charge on any atom is 0.338 e. The van der Waals surface area contributed by atoms with Crippen LogP contribution >= 0.6 is 11.8 Å². The number of nitrogens with zero attached hydrogens (tertiary/aromatic N) is 2. The van der Waals surface area contributed by atoms with E-state index in [9.17, 15) is 19.7 Å². The number of benzene rings is 3. The Balaban J connectivity index is 1.91. The molecule has 1 amide bonds. The Morgan fingerprint density at radius 1 is 1.09 bits per heavy atom. The van der Waals surface area contributed by atoms with Gasteiger partial charge in [0.05, 0.1) is 28.5 Å². The molecule has 0 aliphatic carbocycles. The molecule has 0 saturated carbocycles. The molecule has 168 valence electrons. The van der Waals surface area contributed by atoms with E-state index in [1.807, 2.05) is 18.2 Å². The summed E-state index contributed by atoms with van der Waals surface area (Å²) in [6.07, 6.45) is 1.54. The van der Waals surface area contributed by atoms with Gasteiger partial charge in [-0.1, -0.05) is 23.9 Å². The van der Waals surface area contributed by atoms with Gasteiger partial charge in [-0.25, -0.2) is 4.79 Å². The second-order valence-corrected chi connectivity index (χ2v) is 7.87. The molecular formula is C24H21N3O5S. The summed E-state index contributed by atoms with van der Waals surface area (Å²) in [5.74, 6) is -0.608. The minimum Gasteiger partial charge on any atom is -0.462 e. The number of hydrogen-bond donors (Lipinski definition) is 1. The van der Waals surface area contributed by atoms with Gasteiger partial charge in [0, 0.05) is 40.6 Å². The van der Waals surface area contributed by atoms with Crippen molar-refractivity contribution < 1.29 is 19.2 Å². The molecule has 8 nitrogen and oxygen atoms in total. The summed E-state index contributed by atoms with van der Waals surface area (Å²) in [5.41, 5.74) is 2.11. The fourth-order valence-corrected chi connectivity index (χ4v) is 3.83. The minimum atomic E-state index is -0.467. The quantitative estimate of drug-likeness (QED) is 0.201. The highest BCUT2D eigenvalue weighted by Gasteiger charge is 2.13. The van der Waals surface area contributed by atoms with Crippen molar-refractivity contribution in [3.8, 4) is 0 Å². The summed E-state index contributed by atoms with van der Waals surface area (Å²) >= 11 is 1.36. The summed E-state index contributed by atoms with van der Waals surface area (Å²) in [4.78, 5) is 40.1. The van der Waals surface area contributed by atoms with Gasteiger partial charge in [0.25, 0.3) is 5.69 Å². The average molecular weight is 464 g/mol. The number of anilines is 1. The van der Waals surface area contributed by atoms with Gasteiger partial charge in [-0.2, -0.15) is 0 Å². The number of esters is 1. The van der Waals surface area contributed by atoms with Crippen molar-refractivity contribution >= 4 is 46.9 Å². The Morgan fingerprint density at radius 3 is 2.48 bits per heavy atom. The number of non-ortho nitro benzene ring substituents is 1. The number of nitro groups is 1. The van der Waals surface area contributed by atoms with Crippen LogP contribution in [0.4, 0.5) is 17.1 Å². The maximum atomic E-state index is 11.8. The van der Waals surface area contributed by atoms with Crippen molar-refractivity contribution in [1.82, 2.24) is 0 Å². The molecule has 1 N–H and O–H groups in total. The van der Waals surface area contributed by atoms with E-state index >= 15 is 0 Å². The van der Waals surface area contributed by atoms with E-state index in [2.05, 4.69) is 10.3 Å². The van der Waals surface area contributed by atoms with Gasteiger partial charge in [0.2, 0.25) is 5.91 Å². The monoisotopic (exact) mass is 463 g/mol. The largest absolute Gasteiger partial charge is 0.462 e.